The minimum absolute atomic E-state index is 0.0550. The molecule has 3 aliphatic rings. The first-order valence-electron chi connectivity index (χ1n) is 11.2. The second-order valence-electron chi connectivity index (χ2n) is 8.95. The van der Waals surface area contributed by atoms with Gasteiger partial charge < -0.3 is 10.0 Å². The molecule has 1 saturated heterocycles. The quantitative estimate of drug-likeness (QED) is 0.780. The van der Waals surface area contributed by atoms with E-state index in [0.29, 0.717) is 13.1 Å². The van der Waals surface area contributed by atoms with Crippen molar-refractivity contribution in [3.63, 3.8) is 0 Å². The summed E-state index contributed by atoms with van der Waals surface area (Å²) < 4.78 is 0. The van der Waals surface area contributed by atoms with Crippen molar-refractivity contribution < 1.29 is 9.90 Å². The summed E-state index contributed by atoms with van der Waals surface area (Å²) in [5, 5.41) is 10.9. The summed E-state index contributed by atoms with van der Waals surface area (Å²) in [5.74, 6) is 0.684. The summed E-state index contributed by atoms with van der Waals surface area (Å²) in [6.45, 7) is 1.49. The molecule has 0 radical (unpaired) electrons. The van der Waals surface area contributed by atoms with Crippen LogP contribution in [-0.2, 0) is 11.3 Å². The summed E-state index contributed by atoms with van der Waals surface area (Å²) in [7, 11) is 0. The number of halogens is 1. The van der Waals surface area contributed by atoms with Gasteiger partial charge in [0.1, 0.15) is 0 Å². The number of nitrogens with zero attached hydrogens (tertiary/aromatic N) is 2. The van der Waals surface area contributed by atoms with Crippen LogP contribution in [0.15, 0.2) is 48.5 Å². The molecule has 1 N–H and O–H groups in total. The van der Waals surface area contributed by atoms with Gasteiger partial charge in [0.15, 0.2) is 0 Å². The van der Waals surface area contributed by atoms with E-state index in [4.69, 9.17) is 11.6 Å². The average molecular weight is 425 g/mol. The average Bonchev–Trinajstić information content (AvgIpc) is 2.78. The zero-order chi connectivity index (χ0) is 20.7. The van der Waals surface area contributed by atoms with Gasteiger partial charge in [0.05, 0.1) is 6.61 Å². The van der Waals surface area contributed by atoms with Crippen molar-refractivity contribution in [3.8, 4) is 0 Å². The number of rotatable bonds is 4. The van der Waals surface area contributed by atoms with Crippen molar-refractivity contribution in [1.82, 2.24) is 4.90 Å². The third-order valence-electron chi connectivity index (χ3n) is 7.36. The Hall–Kier alpha value is -1.88. The number of aliphatic hydroxyl groups excluding tert-OH is 1. The minimum Gasteiger partial charge on any atom is -0.395 e. The van der Waals surface area contributed by atoms with Crippen LogP contribution < -0.4 is 4.90 Å². The van der Waals surface area contributed by atoms with Gasteiger partial charge in [-0.05, 0) is 36.1 Å². The first-order valence-corrected chi connectivity index (χ1v) is 11.6. The number of benzene rings is 2. The summed E-state index contributed by atoms with van der Waals surface area (Å²) in [5.41, 5.74) is 3.32. The molecule has 5 heteroatoms. The number of anilines is 1. The topological polar surface area (TPSA) is 43.8 Å². The summed E-state index contributed by atoms with van der Waals surface area (Å²) in [4.78, 5) is 17.9. The van der Waals surface area contributed by atoms with E-state index >= 15 is 0 Å². The van der Waals surface area contributed by atoms with Gasteiger partial charge in [0.2, 0.25) is 5.91 Å². The van der Waals surface area contributed by atoms with Crippen LogP contribution >= 0.6 is 11.6 Å². The Morgan fingerprint density at radius 1 is 1.03 bits per heavy atom. The summed E-state index contributed by atoms with van der Waals surface area (Å²) in [6.07, 6.45) is 5.57. The number of amides is 1. The number of carbonyl (C=O) groups is 1. The van der Waals surface area contributed by atoms with Crippen LogP contribution in [0.3, 0.4) is 0 Å². The maximum absolute atomic E-state index is 13.5. The predicted molar refractivity (Wildman–Crippen MR) is 120 cm³/mol. The van der Waals surface area contributed by atoms with E-state index in [1.807, 2.05) is 35.2 Å². The predicted octanol–water partition coefficient (Wildman–Crippen LogP) is 4.60. The Labute approximate surface area is 183 Å². The van der Waals surface area contributed by atoms with Crippen molar-refractivity contribution >= 4 is 23.2 Å². The van der Waals surface area contributed by atoms with Crippen LogP contribution in [0.2, 0.25) is 5.02 Å². The lowest BCUT2D eigenvalue weighted by Crippen LogP contribution is -2.69. The molecule has 3 atom stereocenters. The molecule has 1 saturated carbocycles. The highest BCUT2D eigenvalue weighted by atomic mass is 35.5. The van der Waals surface area contributed by atoms with E-state index in [-0.39, 0.29) is 36.4 Å². The lowest BCUT2D eigenvalue weighted by atomic mass is 9.71. The zero-order valence-corrected chi connectivity index (χ0v) is 18.0. The molecule has 30 heavy (non-hydrogen) atoms. The van der Waals surface area contributed by atoms with E-state index in [1.54, 1.807) is 0 Å². The van der Waals surface area contributed by atoms with Gasteiger partial charge in [0, 0.05) is 47.7 Å². The molecule has 0 unspecified atom stereocenters. The monoisotopic (exact) mass is 424 g/mol. The summed E-state index contributed by atoms with van der Waals surface area (Å²) >= 11 is 6.42. The Morgan fingerprint density at radius 3 is 2.53 bits per heavy atom. The maximum atomic E-state index is 13.5. The van der Waals surface area contributed by atoms with Crippen molar-refractivity contribution in [2.45, 2.75) is 56.7 Å². The van der Waals surface area contributed by atoms with E-state index in [9.17, 15) is 9.90 Å². The van der Waals surface area contributed by atoms with E-state index in [1.165, 1.54) is 12.0 Å². The van der Waals surface area contributed by atoms with Crippen LogP contribution in [0, 0.1) is 5.92 Å². The number of hydrogen-bond donors (Lipinski definition) is 1. The molecule has 2 heterocycles. The second-order valence-corrected chi connectivity index (χ2v) is 9.36. The molecule has 2 aromatic rings. The normalized spacial score (nSPS) is 26.6. The molecule has 2 fully saturated rings. The molecule has 4 nitrogen and oxygen atoms in total. The smallest absolute Gasteiger partial charge is 0.230 e. The number of carbonyl (C=O) groups excluding carboxylic acids is 1. The Balaban J connectivity index is 1.45. The zero-order valence-electron chi connectivity index (χ0n) is 17.2. The van der Waals surface area contributed by atoms with Crippen LogP contribution in [0.25, 0.3) is 0 Å². The summed E-state index contributed by atoms with van der Waals surface area (Å²) in [6, 6.07) is 16.5. The number of hydrogen-bond acceptors (Lipinski definition) is 3. The molecule has 158 valence electrons. The van der Waals surface area contributed by atoms with Crippen molar-refractivity contribution in [2.75, 3.05) is 18.1 Å². The number of para-hydroxylation sites is 1. The SMILES string of the molecule is O=C(C1CCCCC1)N1C[C@@H]2[C@H](c3ccccc31)[C@@H](CO)N2Cc1ccccc1Cl. The fourth-order valence-electron chi connectivity index (χ4n) is 5.80. The first kappa shape index (κ1) is 20.0. The van der Waals surface area contributed by atoms with Gasteiger partial charge in [-0.2, -0.15) is 0 Å². The molecular formula is C25H29ClN2O2. The lowest BCUT2D eigenvalue weighted by molar-refractivity contribution is -0.124. The van der Waals surface area contributed by atoms with Crippen LogP contribution in [0.5, 0.6) is 0 Å². The van der Waals surface area contributed by atoms with E-state index in [0.717, 1.165) is 42.0 Å². The van der Waals surface area contributed by atoms with Crippen molar-refractivity contribution in [1.29, 1.82) is 0 Å². The maximum Gasteiger partial charge on any atom is 0.230 e. The van der Waals surface area contributed by atoms with Crippen molar-refractivity contribution in [2.24, 2.45) is 5.92 Å². The Bertz CT molecular complexity index is 927. The molecule has 2 aliphatic heterocycles. The second kappa shape index (κ2) is 8.33. The minimum atomic E-state index is 0.0550. The third kappa shape index (κ3) is 3.35. The fraction of sp³-hybridized carbons (Fsp3) is 0.480. The molecule has 1 aliphatic carbocycles. The van der Waals surface area contributed by atoms with Crippen molar-refractivity contribution in [3.05, 3.63) is 64.7 Å². The number of aliphatic hydroxyl groups is 1. The Morgan fingerprint density at radius 2 is 1.77 bits per heavy atom. The van der Waals surface area contributed by atoms with Crippen LogP contribution in [0.1, 0.15) is 49.1 Å². The first-order chi connectivity index (χ1) is 14.7. The Kier molecular flexibility index (Phi) is 5.57. The fourth-order valence-corrected chi connectivity index (χ4v) is 6.00. The lowest BCUT2D eigenvalue weighted by Gasteiger charge is -2.59. The van der Waals surface area contributed by atoms with E-state index in [2.05, 4.69) is 23.1 Å². The highest BCUT2D eigenvalue weighted by molar-refractivity contribution is 6.31. The van der Waals surface area contributed by atoms with Gasteiger partial charge in [-0.3, -0.25) is 9.69 Å². The number of fused-ring (bicyclic) bond motifs is 3. The largest absolute Gasteiger partial charge is 0.395 e. The number of likely N-dealkylation sites (tertiary alicyclic amines) is 1. The molecule has 1 amide bonds. The van der Waals surface area contributed by atoms with Crippen LogP contribution in [0.4, 0.5) is 5.69 Å². The van der Waals surface area contributed by atoms with Gasteiger partial charge in [0.25, 0.3) is 0 Å². The molecule has 0 spiro atoms. The molecular weight excluding hydrogens is 396 g/mol. The van der Waals surface area contributed by atoms with Gasteiger partial charge in [-0.25, -0.2) is 0 Å². The third-order valence-corrected chi connectivity index (χ3v) is 7.72. The molecule has 2 aromatic carbocycles. The van der Waals surface area contributed by atoms with Gasteiger partial charge >= 0.3 is 0 Å². The van der Waals surface area contributed by atoms with E-state index < -0.39 is 0 Å². The van der Waals surface area contributed by atoms with Gasteiger partial charge in [-0.1, -0.05) is 67.3 Å². The molecule has 5 rings (SSSR count). The molecule has 0 bridgehead atoms. The highest BCUT2D eigenvalue weighted by Crippen LogP contribution is 2.49. The van der Waals surface area contributed by atoms with Crippen LogP contribution in [-0.4, -0.2) is 41.1 Å². The molecule has 0 aromatic heterocycles. The standard InChI is InChI=1S/C25H29ClN2O2/c26-20-12-6-4-10-18(20)14-27-22-15-28(25(30)17-8-2-1-3-9-17)21-13-7-5-11-19(21)24(22)23(27)16-29/h4-7,10-13,17,22-24,29H,1-3,8-9,14-16H2/t22-,23-,24+/m1/s1. The highest BCUT2D eigenvalue weighted by Gasteiger charge is 2.53. The van der Waals surface area contributed by atoms with Gasteiger partial charge in [-0.15, -0.1) is 0 Å².